The highest BCUT2D eigenvalue weighted by Gasteiger charge is 2.26. The molecule has 55 heavy (non-hydrogen) atoms. The van der Waals surface area contributed by atoms with Crippen molar-refractivity contribution in [1.29, 1.82) is 5.41 Å². The molecule has 1 aliphatic rings. The maximum atomic E-state index is 12.2. The maximum absolute atomic E-state index is 12.2. The highest BCUT2D eigenvalue weighted by Crippen LogP contribution is 2.40. The molecular formula is C46H54N6O3. The molecule has 0 bridgehead atoms. The molecule has 0 aliphatic heterocycles. The number of nitrogens with two attached hydrogens (primary N) is 1. The van der Waals surface area contributed by atoms with Gasteiger partial charge in [-0.05, 0) is 80.2 Å². The fourth-order valence-electron chi connectivity index (χ4n) is 7.68. The third-order valence-electron chi connectivity index (χ3n) is 10.6. The topological polar surface area (TPSA) is 139 Å². The molecule has 9 heteroatoms. The van der Waals surface area contributed by atoms with Gasteiger partial charge in [0.05, 0.1) is 23.5 Å². The van der Waals surface area contributed by atoms with Crippen LogP contribution in [0.15, 0.2) is 91.3 Å². The number of hydrogen-bond donors (Lipinski definition) is 4. The molecule has 286 valence electrons. The average Bonchev–Trinajstić information content (AvgIpc) is 3.53. The molecule has 5 N–H and O–H groups in total. The summed E-state index contributed by atoms with van der Waals surface area (Å²) in [7, 11) is 0. The van der Waals surface area contributed by atoms with E-state index in [1.54, 1.807) is 0 Å². The molecule has 0 radical (unpaired) electrons. The van der Waals surface area contributed by atoms with E-state index in [1.807, 2.05) is 41.2 Å². The molecule has 1 saturated carbocycles. The predicted octanol–water partition coefficient (Wildman–Crippen LogP) is 8.03. The lowest BCUT2D eigenvalue weighted by molar-refractivity contribution is -0.121. The number of aliphatic hydroxyl groups excluding tert-OH is 1. The second kappa shape index (κ2) is 19.7. The summed E-state index contributed by atoms with van der Waals surface area (Å²) >= 11 is 0. The van der Waals surface area contributed by atoms with E-state index in [1.165, 1.54) is 0 Å². The molecule has 0 unspecified atom stereocenters. The van der Waals surface area contributed by atoms with Gasteiger partial charge in [0.1, 0.15) is 11.1 Å². The lowest BCUT2D eigenvalue weighted by Gasteiger charge is -2.27. The van der Waals surface area contributed by atoms with Crippen molar-refractivity contribution in [3.05, 3.63) is 108 Å². The number of rotatable bonds is 17. The first-order valence-corrected chi connectivity index (χ1v) is 20.0. The Kier molecular flexibility index (Phi) is 14.1. The normalized spacial score (nSPS) is 15.4. The number of benzene rings is 3. The van der Waals surface area contributed by atoms with Crippen molar-refractivity contribution in [3.8, 4) is 34.2 Å². The first-order chi connectivity index (χ1) is 26.9. The minimum Gasteiger partial charge on any atom is -0.393 e. The Bertz CT molecular complexity index is 2150. The van der Waals surface area contributed by atoms with Gasteiger partial charge >= 0.3 is 0 Å². The van der Waals surface area contributed by atoms with Gasteiger partial charge in [-0.3, -0.25) is 15.0 Å². The summed E-state index contributed by atoms with van der Waals surface area (Å²) in [5.41, 5.74) is 12.6. The van der Waals surface area contributed by atoms with Crippen LogP contribution >= 0.6 is 0 Å². The lowest BCUT2D eigenvalue weighted by atomic mass is 9.93. The monoisotopic (exact) mass is 738 g/mol. The van der Waals surface area contributed by atoms with Crippen molar-refractivity contribution in [2.24, 2.45) is 5.73 Å². The Labute approximate surface area is 324 Å². The summed E-state index contributed by atoms with van der Waals surface area (Å²) in [4.78, 5) is 28.1. The fourth-order valence-corrected chi connectivity index (χ4v) is 7.68. The van der Waals surface area contributed by atoms with E-state index in [2.05, 4.69) is 76.3 Å². The number of nitrogens with one attached hydrogen (secondary N) is 2. The molecule has 2 amide bonds. The number of amides is 2. The van der Waals surface area contributed by atoms with Crippen LogP contribution in [0, 0.1) is 17.3 Å². The average molecular weight is 739 g/mol. The van der Waals surface area contributed by atoms with Crippen LogP contribution in [0.25, 0.3) is 33.4 Å². The van der Waals surface area contributed by atoms with Crippen LogP contribution in [0.4, 0.5) is 0 Å². The SMILES string of the molecule is N=c1c2c(-c3ccccc3)c(-c3ccccc3)n(Cc3cccc(C#CCCCCNC(=O)CCCCCCCC(N)=O)c3)c2ncn1C1CCC(O)CC1. The summed E-state index contributed by atoms with van der Waals surface area (Å²) in [6.45, 7) is 1.22. The minimum absolute atomic E-state index is 0.0973. The van der Waals surface area contributed by atoms with Crippen LogP contribution in [-0.2, 0) is 16.1 Å². The number of unbranched alkanes of at least 4 members (excludes halogenated alkanes) is 6. The molecule has 2 heterocycles. The molecule has 0 saturated heterocycles. The third-order valence-corrected chi connectivity index (χ3v) is 10.6. The summed E-state index contributed by atoms with van der Waals surface area (Å²) < 4.78 is 4.28. The highest BCUT2D eigenvalue weighted by molar-refractivity contribution is 6.02. The number of carbonyl (C=O) groups excluding carboxylic acids is 2. The van der Waals surface area contributed by atoms with E-state index in [0.29, 0.717) is 31.4 Å². The number of aliphatic hydroxyl groups is 1. The van der Waals surface area contributed by atoms with Crippen molar-refractivity contribution in [2.75, 3.05) is 6.54 Å². The van der Waals surface area contributed by atoms with E-state index >= 15 is 0 Å². The van der Waals surface area contributed by atoms with Crippen LogP contribution in [0.2, 0.25) is 0 Å². The van der Waals surface area contributed by atoms with Gasteiger partial charge in [-0.2, -0.15) is 0 Å². The Balaban J connectivity index is 1.15. The van der Waals surface area contributed by atoms with Gasteiger partial charge in [-0.15, -0.1) is 0 Å². The summed E-state index contributed by atoms with van der Waals surface area (Å²) in [5, 5.41) is 23.7. The first kappa shape index (κ1) is 39.2. The van der Waals surface area contributed by atoms with Gasteiger partial charge in [0.2, 0.25) is 11.8 Å². The smallest absolute Gasteiger partial charge is 0.219 e. The molecule has 6 rings (SSSR count). The van der Waals surface area contributed by atoms with E-state index in [0.717, 1.165) is 122 Å². The van der Waals surface area contributed by atoms with Crippen LogP contribution in [0.1, 0.15) is 107 Å². The molecule has 3 aromatic carbocycles. The second-order valence-corrected chi connectivity index (χ2v) is 14.7. The Hall–Kier alpha value is -5.46. The Morgan fingerprint density at radius 3 is 2.25 bits per heavy atom. The maximum Gasteiger partial charge on any atom is 0.219 e. The van der Waals surface area contributed by atoms with Crippen molar-refractivity contribution in [2.45, 2.75) is 109 Å². The number of hydrogen-bond acceptors (Lipinski definition) is 5. The summed E-state index contributed by atoms with van der Waals surface area (Å²) in [5.74, 6) is 6.54. The van der Waals surface area contributed by atoms with E-state index < -0.39 is 0 Å². The number of aromatic nitrogens is 3. The zero-order valence-corrected chi connectivity index (χ0v) is 31.8. The predicted molar refractivity (Wildman–Crippen MR) is 219 cm³/mol. The quantitative estimate of drug-likeness (QED) is 0.0567. The van der Waals surface area contributed by atoms with Gasteiger partial charge in [-0.25, -0.2) is 4.98 Å². The Morgan fingerprint density at radius 1 is 0.836 bits per heavy atom. The van der Waals surface area contributed by atoms with Crippen molar-refractivity contribution >= 4 is 22.8 Å². The molecule has 2 aromatic heterocycles. The zero-order valence-electron chi connectivity index (χ0n) is 31.8. The standard InChI is InChI=1S/C46H54N6O3/c47-40(54)24-13-2-1-3-14-25-41(55)49-30-15-5-4-8-17-34-18-16-19-35(31-34)32-51-44(37-22-11-7-12-23-37)42(36-20-9-6-10-21-36)43-45(48)52(33-50-46(43)51)38-26-28-39(53)29-27-38/h6-7,9-12,16,18-23,31,33,38-39,48,53H,1-5,13-15,24-30,32H2,(H2,47,54)(H,49,55). The van der Waals surface area contributed by atoms with Crippen LogP contribution in [0.5, 0.6) is 0 Å². The van der Waals surface area contributed by atoms with E-state index in [9.17, 15) is 20.1 Å². The van der Waals surface area contributed by atoms with Crippen molar-refractivity contribution in [3.63, 3.8) is 0 Å². The van der Waals surface area contributed by atoms with Crippen LogP contribution in [0.3, 0.4) is 0 Å². The largest absolute Gasteiger partial charge is 0.393 e. The van der Waals surface area contributed by atoms with Crippen LogP contribution < -0.4 is 16.5 Å². The number of carbonyl (C=O) groups is 2. The fraction of sp³-hybridized carbons (Fsp3) is 0.391. The van der Waals surface area contributed by atoms with Gasteiger partial charge < -0.3 is 25.3 Å². The van der Waals surface area contributed by atoms with E-state index in [-0.39, 0.29) is 24.0 Å². The van der Waals surface area contributed by atoms with Gasteiger partial charge in [-0.1, -0.05) is 104 Å². The van der Waals surface area contributed by atoms with E-state index in [4.69, 9.17) is 10.7 Å². The highest BCUT2D eigenvalue weighted by atomic mass is 16.3. The van der Waals surface area contributed by atoms with Crippen LogP contribution in [-0.4, -0.2) is 43.7 Å². The third kappa shape index (κ3) is 10.6. The van der Waals surface area contributed by atoms with Gasteiger partial charge in [0.25, 0.3) is 0 Å². The summed E-state index contributed by atoms with van der Waals surface area (Å²) in [6, 6.07) is 29.2. The zero-order chi connectivity index (χ0) is 38.4. The molecule has 9 nitrogen and oxygen atoms in total. The second-order valence-electron chi connectivity index (χ2n) is 14.7. The van der Waals surface area contributed by atoms with Crippen molar-refractivity contribution in [1.82, 2.24) is 19.4 Å². The number of nitrogens with zero attached hydrogens (tertiary/aromatic N) is 3. The minimum atomic E-state index is -0.270. The molecular weight excluding hydrogens is 685 g/mol. The van der Waals surface area contributed by atoms with Crippen molar-refractivity contribution < 1.29 is 14.7 Å². The molecule has 1 fully saturated rings. The number of fused-ring (bicyclic) bond motifs is 1. The molecule has 0 atom stereocenters. The molecule has 0 spiro atoms. The van der Waals surface area contributed by atoms with Gasteiger partial charge in [0, 0.05) is 49.5 Å². The van der Waals surface area contributed by atoms with Gasteiger partial charge in [0.15, 0.2) is 0 Å². The first-order valence-electron chi connectivity index (χ1n) is 20.0. The summed E-state index contributed by atoms with van der Waals surface area (Å²) in [6.07, 6.45) is 12.9. The lowest BCUT2D eigenvalue weighted by Crippen LogP contribution is -2.29. The Morgan fingerprint density at radius 2 is 1.53 bits per heavy atom. The molecule has 5 aromatic rings. The number of primary amides is 1. The molecule has 1 aliphatic carbocycles.